The Balaban J connectivity index is 1.85. The van der Waals surface area contributed by atoms with Crippen LogP contribution in [0, 0.1) is 12.8 Å². The number of aromatic nitrogens is 2. The van der Waals surface area contributed by atoms with Gasteiger partial charge in [-0.25, -0.2) is 12.7 Å². The van der Waals surface area contributed by atoms with Crippen LogP contribution in [0.15, 0.2) is 0 Å². The highest BCUT2D eigenvalue weighted by Gasteiger charge is 2.30. The van der Waals surface area contributed by atoms with Crippen molar-refractivity contribution >= 4 is 32.4 Å². The van der Waals surface area contributed by atoms with Crippen molar-refractivity contribution in [3.63, 3.8) is 0 Å². The number of sulfonamides is 1. The van der Waals surface area contributed by atoms with Gasteiger partial charge in [-0.3, -0.25) is 4.79 Å². The Bertz CT molecular complexity index is 607. The number of hydrogen-bond acceptors (Lipinski definition) is 6. The van der Waals surface area contributed by atoms with Crippen LogP contribution < -0.4 is 5.32 Å². The predicted octanol–water partition coefficient (Wildman–Crippen LogP) is 1.63. The summed E-state index contributed by atoms with van der Waals surface area (Å²) in [6, 6.07) is 0. The maximum Gasteiger partial charge on any atom is 0.229 e. The van der Waals surface area contributed by atoms with E-state index in [1.807, 2.05) is 13.8 Å². The van der Waals surface area contributed by atoms with Gasteiger partial charge in [0.25, 0.3) is 0 Å². The monoisotopic (exact) mass is 346 g/mol. The van der Waals surface area contributed by atoms with E-state index in [1.165, 1.54) is 15.6 Å². The number of hydrogen-bond donors (Lipinski definition) is 1. The van der Waals surface area contributed by atoms with Crippen LogP contribution >= 0.6 is 11.3 Å². The second kappa shape index (κ2) is 7.47. The van der Waals surface area contributed by atoms with E-state index in [-0.39, 0.29) is 17.6 Å². The van der Waals surface area contributed by atoms with Gasteiger partial charge >= 0.3 is 0 Å². The summed E-state index contributed by atoms with van der Waals surface area (Å²) in [6.07, 6.45) is 2.64. The molecule has 1 aromatic heterocycles. The fraction of sp³-hybridized carbons (Fsp3) is 0.769. The molecule has 1 aliphatic heterocycles. The molecule has 0 aliphatic carbocycles. The van der Waals surface area contributed by atoms with E-state index in [9.17, 15) is 13.2 Å². The number of carbonyl (C=O) groups is 1. The van der Waals surface area contributed by atoms with Crippen molar-refractivity contribution in [1.82, 2.24) is 14.5 Å². The van der Waals surface area contributed by atoms with Crippen LogP contribution in [0.2, 0.25) is 0 Å². The van der Waals surface area contributed by atoms with E-state index < -0.39 is 10.0 Å². The molecule has 0 aromatic carbocycles. The molecule has 2 heterocycles. The van der Waals surface area contributed by atoms with Crippen molar-refractivity contribution in [3.05, 3.63) is 5.01 Å². The molecule has 22 heavy (non-hydrogen) atoms. The molecular weight excluding hydrogens is 324 g/mol. The number of aryl methyl sites for hydroxylation is 1. The van der Waals surface area contributed by atoms with Crippen LogP contribution in [0.5, 0.6) is 0 Å². The standard InChI is InChI=1S/C13H22N4O3S2/c1-3-4-9-22(19,20)17-7-5-11(6-8-17)12(18)14-13-16-15-10(2)21-13/h11H,3-9H2,1-2H3,(H,14,16,18). The van der Waals surface area contributed by atoms with Gasteiger partial charge in [0, 0.05) is 19.0 Å². The van der Waals surface area contributed by atoms with Gasteiger partial charge in [0.1, 0.15) is 5.01 Å². The number of piperidine rings is 1. The van der Waals surface area contributed by atoms with E-state index in [0.29, 0.717) is 37.5 Å². The first-order chi connectivity index (χ1) is 10.4. The van der Waals surface area contributed by atoms with Gasteiger partial charge in [0.15, 0.2) is 0 Å². The van der Waals surface area contributed by atoms with Crippen LogP contribution in [0.25, 0.3) is 0 Å². The molecule has 0 saturated carbocycles. The maximum atomic E-state index is 12.2. The van der Waals surface area contributed by atoms with Crippen molar-refractivity contribution in [2.75, 3.05) is 24.2 Å². The first kappa shape index (κ1) is 17.3. The van der Waals surface area contributed by atoms with Crippen molar-refractivity contribution in [1.29, 1.82) is 0 Å². The lowest BCUT2D eigenvalue weighted by Crippen LogP contribution is -2.42. The van der Waals surface area contributed by atoms with Crippen molar-refractivity contribution in [2.45, 2.75) is 39.5 Å². The van der Waals surface area contributed by atoms with E-state index in [0.717, 1.165) is 11.4 Å². The molecule has 1 amide bonds. The first-order valence-corrected chi connectivity index (χ1v) is 9.93. The molecule has 9 heteroatoms. The lowest BCUT2D eigenvalue weighted by atomic mass is 9.97. The molecule has 0 bridgehead atoms. The Labute approximate surface area is 135 Å². The molecule has 7 nitrogen and oxygen atoms in total. The molecule has 1 saturated heterocycles. The number of nitrogens with zero attached hydrogens (tertiary/aromatic N) is 3. The summed E-state index contributed by atoms with van der Waals surface area (Å²) in [7, 11) is -3.17. The van der Waals surface area contributed by atoms with Gasteiger partial charge in [-0.2, -0.15) is 0 Å². The number of amides is 1. The normalized spacial score (nSPS) is 17.5. The van der Waals surface area contributed by atoms with Crippen LogP contribution in [0.1, 0.15) is 37.6 Å². The minimum atomic E-state index is -3.17. The third-order valence-electron chi connectivity index (χ3n) is 3.73. The van der Waals surface area contributed by atoms with E-state index >= 15 is 0 Å². The summed E-state index contributed by atoms with van der Waals surface area (Å²) >= 11 is 1.33. The number of unbranched alkanes of at least 4 members (excludes halogenated alkanes) is 1. The zero-order chi connectivity index (χ0) is 16.2. The summed E-state index contributed by atoms with van der Waals surface area (Å²) < 4.78 is 25.8. The molecule has 124 valence electrons. The minimum absolute atomic E-state index is 0.0956. The Morgan fingerprint density at radius 3 is 2.59 bits per heavy atom. The Morgan fingerprint density at radius 1 is 1.36 bits per heavy atom. The average Bonchev–Trinajstić information content (AvgIpc) is 2.90. The van der Waals surface area contributed by atoms with Crippen LogP contribution in [0.4, 0.5) is 5.13 Å². The summed E-state index contributed by atoms with van der Waals surface area (Å²) in [5, 5.41) is 11.8. The van der Waals surface area contributed by atoms with Crippen LogP contribution in [-0.4, -0.2) is 47.7 Å². The lowest BCUT2D eigenvalue weighted by Gasteiger charge is -2.30. The van der Waals surface area contributed by atoms with Gasteiger partial charge in [0.2, 0.25) is 21.1 Å². The van der Waals surface area contributed by atoms with E-state index in [2.05, 4.69) is 15.5 Å². The highest BCUT2D eigenvalue weighted by Crippen LogP contribution is 2.23. The number of rotatable bonds is 6. The second-order valence-corrected chi connectivity index (χ2v) is 8.73. The second-order valence-electron chi connectivity index (χ2n) is 5.46. The smallest absolute Gasteiger partial charge is 0.229 e. The topological polar surface area (TPSA) is 92.3 Å². The molecule has 0 spiro atoms. The third-order valence-corrected chi connectivity index (χ3v) is 6.44. The predicted molar refractivity (Wildman–Crippen MR) is 86.3 cm³/mol. The van der Waals surface area contributed by atoms with Crippen molar-refractivity contribution < 1.29 is 13.2 Å². The third kappa shape index (κ3) is 4.47. The van der Waals surface area contributed by atoms with Gasteiger partial charge in [0.05, 0.1) is 5.75 Å². The molecular formula is C13H22N4O3S2. The quantitative estimate of drug-likeness (QED) is 0.845. The largest absolute Gasteiger partial charge is 0.300 e. The highest BCUT2D eigenvalue weighted by atomic mass is 32.2. The number of carbonyl (C=O) groups excluding carboxylic acids is 1. The minimum Gasteiger partial charge on any atom is -0.300 e. The van der Waals surface area contributed by atoms with Crippen LogP contribution in [-0.2, 0) is 14.8 Å². The SMILES string of the molecule is CCCCS(=O)(=O)N1CCC(C(=O)Nc2nnc(C)s2)CC1. The van der Waals surface area contributed by atoms with E-state index in [4.69, 9.17) is 0 Å². The van der Waals surface area contributed by atoms with Crippen molar-refractivity contribution in [2.24, 2.45) is 5.92 Å². The zero-order valence-corrected chi connectivity index (χ0v) is 14.5. The molecule has 1 N–H and O–H groups in total. The van der Waals surface area contributed by atoms with Gasteiger partial charge in [-0.05, 0) is 26.2 Å². The van der Waals surface area contributed by atoms with Gasteiger partial charge in [-0.15, -0.1) is 10.2 Å². The Hall–Kier alpha value is -1.06. The highest BCUT2D eigenvalue weighted by molar-refractivity contribution is 7.89. The molecule has 0 unspecified atom stereocenters. The number of anilines is 1. The first-order valence-electron chi connectivity index (χ1n) is 7.51. The Morgan fingerprint density at radius 2 is 2.05 bits per heavy atom. The van der Waals surface area contributed by atoms with Gasteiger partial charge < -0.3 is 5.32 Å². The lowest BCUT2D eigenvalue weighted by molar-refractivity contribution is -0.120. The van der Waals surface area contributed by atoms with Crippen molar-refractivity contribution in [3.8, 4) is 0 Å². The van der Waals surface area contributed by atoms with Crippen LogP contribution in [0.3, 0.4) is 0 Å². The summed E-state index contributed by atoms with van der Waals surface area (Å²) in [5.74, 6) is -0.0617. The van der Waals surface area contributed by atoms with Gasteiger partial charge in [-0.1, -0.05) is 24.7 Å². The zero-order valence-electron chi connectivity index (χ0n) is 12.9. The number of nitrogens with one attached hydrogen (secondary N) is 1. The fourth-order valence-corrected chi connectivity index (χ4v) is 4.68. The molecule has 1 aliphatic rings. The summed E-state index contributed by atoms with van der Waals surface area (Å²) in [4.78, 5) is 12.2. The summed E-state index contributed by atoms with van der Waals surface area (Å²) in [6.45, 7) is 4.63. The molecule has 0 atom stereocenters. The summed E-state index contributed by atoms with van der Waals surface area (Å²) in [5.41, 5.74) is 0. The molecule has 0 radical (unpaired) electrons. The molecule has 1 fully saturated rings. The molecule has 2 rings (SSSR count). The fourth-order valence-electron chi connectivity index (χ4n) is 2.41. The average molecular weight is 346 g/mol. The van der Waals surface area contributed by atoms with E-state index in [1.54, 1.807) is 0 Å². The molecule has 1 aromatic rings. The maximum absolute atomic E-state index is 12.2. The Kier molecular flexibility index (Phi) is 5.87.